The van der Waals surface area contributed by atoms with Crippen molar-refractivity contribution in [2.75, 3.05) is 0 Å². The molecule has 2 heterocycles. The molecule has 29 heavy (non-hydrogen) atoms. The Kier molecular flexibility index (Phi) is 5.72. The van der Waals surface area contributed by atoms with Crippen molar-refractivity contribution in [1.82, 2.24) is 0 Å². The summed E-state index contributed by atoms with van der Waals surface area (Å²) >= 11 is 0. The van der Waals surface area contributed by atoms with Crippen LogP contribution in [-0.4, -0.2) is 47.9 Å². The number of hydrogen-bond acceptors (Lipinski definition) is 7. The SMILES string of the molecule is C=C1C(=O)OC2C=C(C)C(OC(C)=O)CC3OC3(C)CC(OC(=O)C(C)=CC)C12. The maximum absolute atomic E-state index is 12.5. The van der Waals surface area contributed by atoms with Gasteiger partial charge in [-0.15, -0.1) is 0 Å². The van der Waals surface area contributed by atoms with Gasteiger partial charge in [0.05, 0.1) is 17.6 Å². The maximum atomic E-state index is 12.5. The molecule has 3 rings (SSSR count). The van der Waals surface area contributed by atoms with E-state index in [9.17, 15) is 14.4 Å². The molecule has 158 valence electrons. The molecule has 2 aliphatic heterocycles. The summed E-state index contributed by atoms with van der Waals surface area (Å²) < 4.78 is 22.7. The Bertz CT molecular complexity index is 808. The van der Waals surface area contributed by atoms with Gasteiger partial charge in [0, 0.05) is 30.9 Å². The molecule has 6 unspecified atom stereocenters. The van der Waals surface area contributed by atoms with E-state index in [1.807, 2.05) is 13.8 Å². The first-order chi connectivity index (χ1) is 13.6. The quantitative estimate of drug-likeness (QED) is 0.235. The summed E-state index contributed by atoms with van der Waals surface area (Å²) in [5, 5.41) is 0. The van der Waals surface area contributed by atoms with Gasteiger partial charge < -0.3 is 18.9 Å². The van der Waals surface area contributed by atoms with Crippen LogP contribution in [0.25, 0.3) is 0 Å². The molecule has 7 nitrogen and oxygen atoms in total. The Morgan fingerprint density at radius 2 is 2.00 bits per heavy atom. The second kappa shape index (κ2) is 7.78. The van der Waals surface area contributed by atoms with Gasteiger partial charge in [0.1, 0.15) is 18.3 Å². The number of allylic oxidation sites excluding steroid dienone is 1. The van der Waals surface area contributed by atoms with Crippen molar-refractivity contribution in [3.63, 3.8) is 0 Å². The third kappa shape index (κ3) is 4.29. The highest BCUT2D eigenvalue weighted by Crippen LogP contribution is 2.48. The van der Waals surface area contributed by atoms with Crippen LogP contribution >= 0.6 is 0 Å². The van der Waals surface area contributed by atoms with E-state index in [0.717, 1.165) is 5.57 Å². The zero-order valence-corrected chi connectivity index (χ0v) is 17.5. The summed E-state index contributed by atoms with van der Waals surface area (Å²) in [5.41, 5.74) is 0.948. The Hall–Kier alpha value is -2.41. The van der Waals surface area contributed by atoms with Crippen molar-refractivity contribution in [2.24, 2.45) is 5.92 Å². The van der Waals surface area contributed by atoms with E-state index in [2.05, 4.69) is 6.58 Å². The molecule has 0 aromatic heterocycles. The first-order valence-corrected chi connectivity index (χ1v) is 9.82. The Balaban J connectivity index is 1.99. The van der Waals surface area contributed by atoms with Crippen molar-refractivity contribution >= 4 is 17.9 Å². The molecule has 0 spiro atoms. The van der Waals surface area contributed by atoms with E-state index in [1.165, 1.54) is 6.92 Å². The van der Waals surface area contributed by atoms with Gasteiger partial charge in [0.2, 0.25) is 0 Å². The fourth-order valence-corrected chi connectivity index (χ4v) is 4.03. The normalized spacial score (nSPS) is 36.9. The van der Waals surface area contributed by atoms with Crippen LogP contribution in [0.1, 0.15) is 47.5 Å². The van der Waals surface area contributed by atoms with Gasteiger partial charge in [-0.25, -0.2) is 9.59 Å². The summed E-state index contributed by atoms with van der Waals surface area (Å²) in [5.74, 6) is -1.89. The zero-order valence-electron chi connectivity index (χ0n) is 17.5. The molecule has 1 aliphatic carbocycles. The first-order valence-electron chi connectivity index (χ1n) is 9.82. The van der Waals surface area contributed by atoms with Crippen LogP contribution in [0, 0.1) is 5.92 Å². The van der Waals surface area contributed by atoms with E-state index in [-0.39, 0.29) is 17.6 Å². The van der Waals surface area contributed by atoms with Gasteiger partial charge in [0.25, 0.3) is 0 Å². The number of epoxide rings is 1. The molecule has 0 amide bonds. The summed E-state index contributed by atoms with van der Waals surface area (Å²) in [4.78, 5) is 36.3. The number of ether oxygens (including phenoxy) is 4. The molecule has 0 radical (unpaired) electrons. The predicted molar refractivity (Wildman–Crippen MR) is 104 cm³/mol. The fraction of sp³-hybridized carbons (Fsp3) is 0.591. The second-order valence-corrected chi connectivity index (χ2v) is 8.20. The molecule has 0 aromatic rings. The number of esters is 3. The average Bonchev–Trinajstić information content (AvgIpc) is 3.17. The molecule has 0 aromatic carbocycles. The van der Waals surface area contributed by atoms with Crippen molar-refractivity contribution in [3.05, 3.63) is 35.5 Å². The van der Waals surface area contributed by atoms with Crippen LogP contribution in [0.15, 0.2) is 35.5 Å². The largest absolute Gasteiger partial charge is 0.458 e. The Morgan fingerprint density at radius 1 is 1.31 bits per heavy atom. The molecule has 2 fully saturated rings. The lowest BCUT2D eigenvalue weighted by Crippen LogP contribution is -2.38. The monoisotopic (exact) mass is 404 g/mol. The minimum Gasteiger partial charge on any atom is -0.458 e. The molecule has 0 bridgehead atoms. The van der Waals surface area contributed by atoms with Crippen LogP contribution in [0.4, 0.5) is 0 Å². The van der Waals surface area contributed by atoms with Gasteiger partial charge in [-0.1, -0.05) is 12.7 Å². The Labute approximate surface area is 170 Å². The predicted octanol–water partition coefficient (Wildman–Crippen LogP) is 2.79. The molecule has 3 aliphatic rings. The highest BCUT2D eigenvalue weighted by Gasteiger charge is 2.58. The van der Waals surface area contributed by atoms with Crippen LogP contribution in [0.2, 0.25) is 0 Å². The highest BCUT2D eigenvalue weighted by molar-refractivity contribution is 5.92. The maximum Gasteiger partial charge on any atom is 0.334 e. The summed E-state index contributed by atoms with van der Waals surface area (Å²) in [6.07, 6.45) is 2.40. The summed E-state index contributed by atoms with van der Waals surface area (Å²) in [7, 11) is 0. The number of rotatable bonds is 3. The lowest BCUT2D eigenvalue weighted by molar-refractivity contribution is -0.149. The molecule has 2 saturated heterocycles. The molecular weight excluding hydrogens is 376 g/mol. The molecule has 6 atom stereocenters. The van der Waals surface area contributed by atoms with Crippen molar-refractivity contribution in [2.45, 2.75) is 77.5 Å². The summed E-state index contributed by atoms with van der Waals surface area (Å²) in [6.45, 7) is 12.4. The highest BCUT2D eigenvalue weighted by atomic mass is 16.6. The van der Waals surface area contributed by atoms with Crippen LogP contribution in [-0.2, 0) is 33.3 Å². The number of carbonyl (C=O) groups excluding carboxylic acids is 3. The van der Waals surface area contributed by atoms with Gasteiger partial charge in [-0.3, -0.25) is 4.79 Å². The van der Waals surface area contributed by atoms with Crippen LogP contribution in [0.5, 0.6) is 0 Å². The average molecular weight is 404 g/mol. The number of carbonyl (C=O) groups is 3. The molecule has 0 N–H and O–H groups in total. The van der Waals surface area contributed by atoms with E-state index < -0.39 is 41.8 Å². The molecule has 0 saturated carbocycles. The van der Waals surface area contributed by atoms with Crippen molar-refractivity contribution in [3.8, 4) is 0 Å². The van der Waals surface area contributed by atoms with Crippen LogP contribution < -0.4 is 0 Å². The third-order valence-electron chi connectivity index (χ3n) is 5.99. The lowest BCUT2D eigenvalue weighted by Gasteiger charge is -2.29. The second-order valence-electron chi connectivity index (χ2n) is 8.20. The Morgan fingerprint density at radius 3 is 2.62 bits per heavy atom. The van der Waals surface area contributed by atoms with E-state index >= 15 is 0 Å². The fourth-order valence-electron chi connectivity index (χ4n) is 4.03. The minimum atomic E-state index is -0.657. The molecular formula is C22H28O7. The zero-order chi connectivity index (χ0) is 21.5. The van der Waals surface area contributed by atoms with Gasteiger partial charge >= 0.3 is 17.9 Å². The smallest absolute Gasteiger partial charge is 0.334 e. The minimum absolute atomic E-state index is 0.151. The lowest BCUT2D eigenvalue weighted by atomic mass is 9.82. The van der Waals surface area contributed by atoms with E-state index in [1.54, 1.807) is 26.0 Å². The number of hydrogen-bond donors (Lipinski definition) is 0. The number of fused-ring (bicyclic) bond motifs is 2. The first kappa shape index (κ1) is 21.3. The van der Waals surface area contributed by atoms with Crippen molar-refractivity contribution < 1.29 is 33.3 Å². The van der Waals surface area contributed by atoms with Gasteiger partial charge in [-0.05, 0) is 39.3 Å². The van der Waals surface area contributed by atoms with Gasteiger partial charge in [-0.2, -0.15) is 0 Å². The van der Waals surface area contributed by atoms with Crippen LogP contribution in [0.3, 0.4) is 0 Å². The third-order valence-corrected chi connectivity index (χ3v) is 5.99. The summed E-state index contributed by atoms with van der Waals surface area (Å²) in [6, 6.07) is 0. The van der Waals surface area contributed by atoms with E-state index in [0.29, 0.717) is 18.4 Å². The molecule has 7 heteroatoms. The van der Waals surface area contributed by atoms with Gasteiger partial charge in [0.15, 0.2) is 0 Å². The standard InChI is InChI=1S/C22H28O7/c1-7-11(2)20(24)28-17-10-22(6)18(29-22)9-15(26-14(5)23)12(3)8-16-19(17)13(4)21(25)27-16/h7-8,15-19H,4,9-10H2,1-3,5-6H3. The topological polar surface area (TPSA) is 91.4 Å². The van der Waals surface area contributed by atoms with E-state index in [4.69, 9.17) is 18.9 Å². The van der Waals surface area contributed by atoms with Crippen molar-refractivity contribution in [1.29, 1.82) is 0 Å².